The number of benzene rings is 2. The molecule has 0 aromatic heterocycles. The number of alkyl halides is 3. The van der Waals surface area contributed by atoms with Crippen molar-refractivity contribution in [2.75, 3.05) is 12.8 Å². The molecule has 0 fully saturated rings. The average molecular weight is 466 g/mol. The molecule has 2 aromatic carbocycles. The highest BCUT2D eigenvalue weighted by Gasteiger charge is 2.30. The minimum Gasteiger partial charge on any atom is -0.811 e. The molecule has 6 nitrogen and oxygen atoms in total. The molecule has 0 spiro atoms. The fourth-order valence-electron chi connectivity index (χ4n) is 2.89. The van der Waals surface area contributed by atoms with Crippen LogP contribution >= 0.6 is 19.2 Å². The van der Waals surface area contributed by atoms with E-state index < -0.39 is 37.6 Å². The van der Waals surface area contributed by atoms with Gasteiger partial charge >= 0.3 is 6.18 Å². The molecular formula is C19H20ClF3NO5P-2. The third kappa shape index (κ3) is 7.58. The number of rotatable bonds is 9. The number of hydrogen-bond donors (Lipinski definition) is 2. The number of ether oxygens (including phenoxy) is 1. The van der Waals surface area contributed by atoms with Gasteiger partial charge in [0.15, 0.2) is 0 Å². The summed E-state index contributed by atoms with van der Waals surface area (Å²) in [5.41, 5.74) is 4.09. The Morgan fingerprint density at radius 1 is 1.13 bits per heavy atom. The Kier molecular flexibility index (Phi) is 7.96. The Bertz CT molecular complexity index is 921. The Hall–Kier alpha value is -1.61. The fourth-order valence-corrected chi connectivity index (χ4v) is 4.19. The van der Waals surface area contributed by atoms with Crippen LogP contribution in [0.2, 0.25) is 5.02 Å². The van der Waals surface area contributed by atoms with Gasteiger partial charge < -0.3 is 29.9 Å². The molecule has 1 unspecified atom stereocenters. The molecule has 1 atom stereocenters. The van der Waals surface area contributed by atoms with Crippen LogP contribution in [0.4, 0.5) is 13.2 Å². The molecule has 2 rings (SSSR count). The maximum absolute atomic E-state index is 12.8. The van der Waals surface area contributed by atoms with Crippen molar-refractivity contribution in [2.45, 2.75) is 31.0 Å². The van der Waals surface area contributed by atoms with E-state index in [1.54, 1.807) is 6.07 Å². The first-order chi connectivity index (χ1) is 13.8. The van der Waals surface area contributed by atoms with Crippen molar-refractivity contribution in [3.63, 3.8) is 0 Å². The highest BCUT2D eigenvalue weighted by Crippen LogP contribution is 2.34. The maximum Gasteiger partial charge on any atom is 0.416 e. The van der Waals surface area contributed by atoms with Gasteiger partial charge in [-0.15, -0.1) is 0 Å². The molecule has 0 aliphatic rings. The number of nitrogens with two attached hydrogens (primary N) is 1. The third-order valence-corrected chi connectivity index (χ3v) is 5.73. The van der Waals surface area contributed by atoms with Gasteiger partial charge in [-0.25, -0.2) is 0 Å². The molecule has 0 saturated carbocycles. The van der Waals surface area contributed by atoms with E-state index in [-0.39, 0.29) is 17.9 Å². The Morgan fingerprint density at radius 2 is 1.80 bits per heavy atom. The minimum atomic E-state index is -4.88. The largest absolute Gasteiger partial charge is 0.811 e. The molecule has 0 radical (unpaired) electrons. The lowest BCUT2D eigenvalue weighted by atomic mass is 9.95. The molecule has 0 saturated heterocycles. The maximum atomic E-state index is 12.8. The molecule has 0 aliphatic heterocycles. The molecule has 3 N–H and O–H groups in total. The summed E-state index contributed by atoms with van der Waals surface area (Å²) in [6, 6.07) is 9.03. The summed E-state index contributed by atoms with van der Waals surface area (Å²) in [6.45, 7) is -0.654. The number of aryl methyl sites for hydroxylation is 1. The molecule has 166 valence electrons. The van der Waals surface area contributed by atoms with Gasteiger partial charge in [0, 0.05) is 10.6 Å². The highest BCUT2D eigenvalue weighted by molar-refractivity contribution is 7.48. The van der Waals surface area contributed by atoms with Crippen LogP contribution in [0.1, 0.15) is 24.0 Å². The average Bonchev–Trinajstić information content (AvgIpc) is 2.62. The SMILES string of the molecule is NC(CO)(CCCc1ccc(Oc2cccc(C(F)(F)F)c2)cc1Cl)CP(=O)([O-])[O-]. The number of halogens is 4. The Morgan fingerprint density at radius 3 is 2.37 bits per heavy atom. The van der Waals surface area contributed by atoms with Gasteiger partial charge in [-0.3, -0.25) is 0 Å². The van der Waals surface area contributed by atoms with Crippen molar-refractivity contribution in [1.82, 2.24) is 0 Å². The predicted octanol–water partition coefficient (Wildman–Crippen LogP) is 3.08. The van der Waals surface area contributed by atoms with Crippen LogP contribution < -0.4 is 20.3 Å². The van der Waals surface area contributed by atoms with Gasteiger partial charge in [-0.05, 0) is 61.3 Å². The summed E-state index contributed by atoms with van der Waals surface area (Å²) >= 11 is 6.20. The van der Waals surface area contributed by atoms with Crippen molar-refractivity contribution in [2.24, 2.45) is 5.73 Å². The first-order valence-electron chi connectivity index (χ1n) is 8.86. The highest BCUT2D eigenvalue weighted by atomic mass is 35.5. The van der Waals surface area contributed by atoms with E-state index in [1.165, 1.54) is 24.3 Å². The van der Waals surface area contributed by atoms with Crippen LogP contribution in [0.5, 0.6) is 11.5 Å². The standard InChI is InChI=1S/C19H22ClF3NO5P/c20-17-10-16(29-15-5-1-4-14(9-15)19(21,22)23)7-6-13(17)3-2-8-18(24,11-25)12-30(26,27)28/h1,4-7,9-10,25H,2-3,8,11-12,24H2,(H2,26,27,28)/p-2. The molecule has 2 aromatic rings. The number of aliphatic hydroxyl groups is 1. The third-order valence-electron chi connectivity index (χ3n) is 4.37. The number of hydrogen-bond acceptors (Lipinski definition) is 6. The monoisotopic (exact) mass is 465 g/mol. The van der Waals surface area contributed by atoms with Crippen LogP contribution in [-0.4, -0.2) is 23.4 Å². The van der Waals surface area contributed by atoms with Crippen molar-refractivity contribution in [3.05, 3.63) is 58.6 Å². The zero-order valence-electron chi connectivity index (χ0n) is 15.7. The van der Waals surface area contributed by atoms with Gasteiger partial charge in [0.1, 0.15) is 11.5 Å². The van der Waals surface area contributed by atoms with Gasteiger partial charge in [0.25, 0.3) is 0 Å². The summed E-state index contributed by atoms with van der Waals surface area (Å²) in [5, 5.41) is 9.61. The first kappa shape index (κ1) is 24.7. The Balaban J connectivity index is 2.01. The summed E-state index contributed by atoms with van der Waals surface area (Å²) in [4.78, 5) is 21.9. The lowest BCUT2D eigenvalue weighted by Gasteiger charge is -2.39. The molecular weight excluding hydrogens is 446 g/mol. The van der Waals surface area contributed by atoms with E-state index in [0.29, 0.717) is 23.4 Å². The van der Waals surface area contributed by atoms with Crippen molar-refractivity contribution in [3.8, 4) is 11.5 Å². The zero-order valence-corrected chi connectivity index (χ0v) is 17.3. The molecule has 0 heterocycles. The topological polar surface area (TPSA) is 119 Å². The van der Waals surface area contributed by atoms with Crippen LogP contribution in [0.25, 0.3) is 0 Å². The van der Waals surface area contributed by atoms with E-state index in [1.807, 2.05) is 0 Å². The van der Waals surface area contributed by atoms with Gasteiger partial charge in [0.05, 0.1) is 12.2 Å². The molecule has 0 amide bonds. The molecule has 11 heteroatoms. The first-order valence-corrected chi connectivity index (χ1v) is 11.0. The van der Waals surface area contributed by atoms with E-state index in [0.717, 1.165) is 12.1 Å². The van der Waals surface area contributed by atoms with Crippen molar-refractivity contribution < 1.29 is 37.4 Å². The summed E-state index contributed by atoms with van der Waals surface area (Å²) in [6.07, 6.45) is -4.53. The van der Waals surface area contributed by atoms with Crippen molar-refractivity contribution in [1.29, 1.82) is 0 Å². The Labute approximate surface area is 176 Å². The van der Waals surface area contributed by atoms with Gasteiger partial charge in [-0.2, -0.15) is 13.2 Å². The lowest BCUT2D eigenvalue weighted by Crippen LogP contribution is -2.49. The molecule has 0 aliphatic carbocycles. The zero-order chi connectivity index (χ0) is 22.6. The van der Waals surface area contributed by atoms with Crippen molar-refractivity contribution >= 4 is 19.2 Å². The quantitative estimate of drug-likeness (QED) is 0.549. The normalized spacial score (nSPS) is 14.4. The predicted molar refractivity (Wildman–Crippen MR) is 102 cm³/mol. The summed E-state index contributed by atoms with van der Waals surface area (Å²) in [5.74, 6) is 0.245. The van der Waals surface area contributed by atoms with Gasteiger partial charge in [0.2, 0.25) is 0 Å². The van der Waals surface area contributed by atoms with Crippen LogP contribution in [-0.2, 0) is 17.2 Å². The fraction of sp³-hybridized carbons (Fsp3) is 0.368. The van der Waals surface area contributed by atoms with Crippen LogP contribution in [0.15, 0.2) is 42.5 Å². The van der Waals surface area contributed by atoms with E-state index in [4.69, 9.17) is 22.1 Å². The smallest absolute Gasteiger partial charge is 0.416 e. The minimum absolute atomic E-state index is 0.00385. The van der Waals surface area contributed by atoms with Gasteiger partial charge in [-0.1, -0.05) is 31.3 Å². The summed E-state index contributed by atoms with van der Waals surface area (Å²) < 4.78 is 54.8. The lowest BCUT2D eigenvalue weighted by molar-refractivity contribution is -0.314. The molecule has 0 bridgehead atoms. The summed E-state index contributed by atoms with van der Waals surface area (Å²) in [7, 11) is -4.88. The molecule has 30 heavy (non-hydrogen) atoms. The van der Waals surface area contributed by atoms with Crippen LogP contribution in [0.3, 0.4) is 0 Å². The van der Waals surface area contributed by atoms with Crippen LogP contribution in [0, 0.1) is 0 Å². The van der Waals surface area contributed by atoms with E-state index >= 15 is 0 Å². The second kappa shape index (κ2) is 9.68. The van der Waals surface area contributed by atoms with E-state index in [2.05, 4.69) is 0 Å². The van der Waals surface area contributed by atoms with E-state index in [9.17, 15) is 32.6 Å². The number of aliphatic hydroxyl groups excluding tert-OH is 1. The second-order valence-electron chi connectivity index (χ2n) is 7.02. The second-order valence-corrected chi connectivity index (χ2v) is 8.97.